The maximum absolute atomic E-state index is 11.2. The van der Waals surface area contributed by atoms with E-state index >= 15 is 0 Å². The minimum Gasteiger partial charge on any atom is -0.473 e. The van der Waals surface area contributed by atoms with E-state index in [-0.39, 0.29) is 11.8 Å². The van der Waals surface area contributed by atoms with Crippen molar-refractivity contribution in [2.45, 2.75) is 31.8 Å². The van der Waals surface area contributed by atoms with Crippen molar-refractivity contribution in [3.8, 4) is 0 Å². The molecule has 3 heterocycles. The van der Waals surface area contributed by atoms with Gasteiger partial charge in [-0.05, 0) is 6.42 Å². The van der Waals surface area contributed by atoms with Gasteiger partial charge in [0.25, 0.3) is 0 Å². The summed E-state index contributed by atoms with van der Waals surface area (Å²) in [6, 6.07) is 0. The number of aryl methyl sites for hydroxylation is 1. The van der Waals surface area contributed by atoms with E-state index in [4.69, 9.17) is 14.4 Å². The maximum atomic E-state index is 11.2. The Bertz CT molecular complexity index is 558. The van der Waals surface area contributed by atoms with Gasteiger partial charge in [-0.25, -0.2) is 9.59 Å². The molecule has 2 bridgehead atoms. The molecule has 3 rings (SSSR count). The van der Waals surface area contributed by atoms with E-state index in [1.54, 1.807) is 0 Å². The standard InChI is InChI=1S/C13H17N3O5/c1-2-3-10-14-11(21-15-10)8-5-16-4-7(8)9(6-16)20-13(19)12(17)18/h7-9H,2-6H2,1H3,(H,17,18). The molecule has 2 aliphatic heterocycles. The quantitative estimate of drug-likeness (QED) is 0.613. The zero-order chi connectivity index (χ0) is 15.0. The minimum absolute atomic E-state index is 0.00320. The Morgan fingerprint density at radius 1 is 1.43 bits per heavy atom. The van der Waals surface area contributed by atoms with Crippen molar-refractivity contribution in [3.05, 3.63) is 11.7 Å². The van der Waals surface area contributed by atoms with E-state index in [1.165, 1.54) is 0 Å². The molecule has 114 valence electrons. The second kappa shape index (κ2) is 5.44. The highest BCUT2D eigenvalue weighted by Gasteiger charge is 2.50. The van der Waals surface area contributed by atoms with Crippen LogP contribution in [0.3, 0.4) is 0 Å². The molecule has 2 aliphatic rings. The molecule has 0 aliphatic carbocycles. The van der Waals surface area contributed by atoms with Gasteiger partial charge in [0.1, 0.15) is 6.10 Å². The van der Waals surface area contributed by atoms with Crippen molar-refractivity contribution >= 4 is 11.9 Å². The minimum atomic E-state index is -1.56. The number of aliphatic carboxylic acids is 1. The Morgan fingerprint density at radius 2 is 2.24 bits per heavy atom. The van der Waals surface area contributed by atoms with E-state index < -0.39 is 18.0 Å². The Kier molecular flexibility index (Phi) is 3.62. The molecule has 21 heavy (non-hydrogen) atoms. The number of aromatic nitrogens is 2. The number of fused-ring (bicyclic) bond motifs is 2. The first kappa shape index (κ1) is 14.0. The van der Waals surface area contributed by atoms with Gasteiger partial charge in [0, 0.05) is 32.0 Å². The molecule has 4 atom stereocenters. The molecule has 0 saturated carbocycles. The van der Waals surface area contributed by atoms with Crippen LogP contribution in [-0.2, 0) is 20.7 Å². The first-order valence-corrected chi connectivity index (χ1v) is 7.07. The van der Waals surface area contributed by atoms with Crippen molar-refractivity contribution < 1.29 is 24.0 Å². The lowest BCUT2D eigenvalue weighted by atomic mass is 9.90. The largest absolute Gasteiger partial charge is 0.473 e. The summed E-state index contributed by atoms with van der Waals surface area (Å²) in [6.45, 7) is 4.14. The average molecular weight is 295 g/mol. The van der Waals surface area contributed by atoms with Crippen LogP contribution < -0.4 is 0 Å². The van der Waals surface area contributed by atoms with E-state index in [0.29, 0.717) is 18.3 Å². The second-order valence-electron chi connectivity index (χ2n) is 5.54. The van der Waals surface area contributed by atoms with E-state index in [1.807, 2.05) is 6.92 Å². The maximum Gasteiger partial charge on any atom is 0.417 e. The molecule has 0 amide bonds. The van der Waals surface area contributed by atoms with Gasteiger partial charge in [0.05, 0.1) is 5.92 Å². The van der Waals surface area contributed by atoms with Gasteiger partial charge in [-0.3, -0.25) is 4.90 Å². The van der Waals surface area contributed by atoms with E-state index in [2.05, 4.69) is 15.0 Å². The van der Waals surface area contributed by atoms with Crippen LogP contribution in [0.25, 0.3) is 0 Å². The van der Waals surface area contributed by atoms with Crippen molar-refractivity contribution in [1.29, 1.82) is 0 Å². The van der Waals surface area contributed by atoms with Crippen molar-refractivity contribution in [2.75, 3.05) is 19.6 Å². The monoisotopic (exact) mass is 295 g/mol. The van der Waals surface area contributed by atoms with Crippen LogP contribution in [0.5, 0.6) is 0 Å². The number of rotatable bonds is 4. The molecule has 1 aromatic rings. The summed E-state index contributed by atoms with van der Waals surface area (Å²) in [7, 11) is 0. The highest BCUT2D eigenvalue weighted by atomic mass is 16.6. The van der Waals surface area contributed by atoms with Crippen LogP contribution >= 0.6 is 0 Å². The zero-order valence-corrected chi connectivity index (χ0v) is 11.7. The number of piperidine rings is 1. The van der Waals surface area contributed by atoms with E-state index in [0.717, 1.165) is 25.9 Å². The third-order valence-corrected chi connectivity index (χ3v) is 4.06. The molecule has 0 aromatic carbocycles. The summed E-state index contributed by atoms with van der Waals surface area (Å²) >= 11 is 0. The number of esters is 1. The number of carbonyl (C=O) groups excluding carboxylic acids is 1. The smallest absolute Gasteiger partial charge is 0.417 e. The van der Waals surface area contributed by atoms with Gasteiger partial charge in [-0.2, -0.15) is 4.98 Å². The van der Waals surface area contributed by atoms with Gasteiger partial charge in [-0.1, -0.05) is 12.1 Å². The predicted molar refractivity (Wildman–Crippen MR) is 68.5 cm³/mol. The SMILES string of the molecule is CCCc1noc(C2CN3CC(OC(=O)C(=O)O)C2C3)n1. The first-order chi connectivity index (χ1) is 10.1. The lowest BCUT2D eigenvalue weighted by Crippen LogP contribution is -2.38. The fraction of sp³-hybridized carbons (Fsp3) is 0.692. The molecule has 8 heteroatoms. The fourth-order valence-corrected chi connectivity index (χ4v) is 3.15. The van der Waals surface area contributed by atoms with Gasteiger partial charge >= 0.3 is 11.9 Å². The average Bonchev–Trinajstić information content (AvgIpc) is 3.13. The summed E-state index contributed by atoms with van der Waals surface area (Å²) in [6.07, 6.45) is 1.29. The Balaban J connectivity index is 1.70. The molecule has 2 saturated heterocycles. The fourth-order valence-electron chi connectivity index (χ4n) is 3.15. The number of hydrogen-bond donors (Lipinski definition) is 1. The topological polar surface area (TPSA) is 106 Å². The van der Waals surface area contributed by atoms with Gasteiger partial charge in [0.2, 0.25) is 5.89 Å². The molecule has 1 N–H and O–H groups in total. The highest BCUT2D eigenvalue weighted by Crippen LogP contribution is 2.40. The lowest BCUT2D eigenvalue weighted by Gasteiger charge is -2.26. The number of ether oxygens (including phenoxy) is 1. The van der Waals surface area contributed by atoms with Gasteiger partial charge < -0.3 is 14.4 Å². The second-order valence-corrected chi connectivity index (χ2v) is 5.54. The van der Waals surface area contributed by atoms with Crippen molar-refractivity contribution in [3.63, 3.8) is 0 Å². The van der Waals surface area contributed by atoms with E-state index in [9.17, 15) is 9.59 Å². The summed E-state index contributed by atoms with van der Waals surface area (Å²) in [4.78, 5) is 28.3. The van der Waals surface area contributed by atoms with Crippen molar-refractivity contribution in [1.82, 2.24) is 15.0 Å². The molecule has 0 spiro atoms. The third kappa shape index (κ3) is 2.63. The molecule has 8 nitrogen and oxygen atoms in total. The van der Waals surface area contributed by atoms with Crippen LogP contribution in [0.4, 0.5) is 0 Å². The van der Waals surface area contributed by atoms with Crippen LogP contribution in [0.2, 0.25) is 0 Å². The predicted octanol–water partition coefficient (Wildman–Crippen LogP) is 0.0475. The normalized spacial score (nSPS) is 30.5. The molecule has 0 radical (unpaired) electrons. The third-order valence-electron chi connectivity index (χ3n) is 4.06. The number of carboxylic acids is 1. The molecular formula is C13H17N3O5. The van der Waals surface area contributed by atoms with Crippen LogP contribution in [-0.4, -0.2) is 57.8 Å². The molecule has 1 aromatic heterocycles. The molecule has 4 unspecified atom stereocenters. The highest BCUT2D eigenvalue weighted by molar-refractivity contribution is 6.28. The Hall–Kier alpha value is -1.96. The Morgan fingerprint density at radius 3 is 2.90 bits per heavy atom. The summed E-state index contributed by atoms with van der Waals surface area (Å²) < 4.78 is 10.4. The number of carboxylic acid groups (broad SMARTS) is 1. The first-order valence-electron chi connectivity index (χ1n) is 7.07. The summed E-state index contributed by atoms with van der Waals surface area (Å²) in [5, 5.41) is 12.6. The number of carbonyl (C=O) groups is 2. The van der Waals surface area contributed by atoms with Gasteiger partial charge in [-0.15, -0.1) is 0 Å². The Labute approximate surface area is 121 Å². The summed E-state index contributed by atoms with van der Waals surface area (Å²) in [5.74, 6) is -1.50. The molecular weight excluding hydrogens is 278 g/mol. The van der Waals surface area contributed by atoms with Crippen molar-refractivity contribution in [2.24, 2.45) is 5.92 Å². The van der Waals surface area contributed by atoms with Gasteiger partial charge in [0.15, 0.2) is 5.82 Å². The van der Waals surface area contributed by atoms with Crippen LogP contribution in [0.1, 0.15) is 31.0 Å². The number of nitrogens with zero attached hydrogens (tertiary/aromatic N) is 3. The lowest BCUT2D eigenvalue weighted by molar-refractivity contribution is -0.168. The zero-order valence-electron chi connectivity index (χ0n) is 11.7. The number of hydrogen-bond acceptors (Lipinski definition) is 7. The van der Waals surface area contributed by atoms with Crippen LogP contribution in [0, 0.1) is 5.92 Å². The summed E-state index contributed by atoms with van der Waals surface area (Å²) in [5.41, 5.74) is 0. The molecule has 2 fully saturated rings. The van der Waals surface area contributed by atoms with Crippen LogP contribution in [0.15, 0.2) is 4.52 Å².